The van der Waals surface area contributed by atoms with Gasteiger partial charge in [-0.05, 0) is 30.0 Å². The third-order valence-electron chi connectivity index (χ3n) is 2.27. The van der Waals surface area contributed by atoms with Crippen LogP contribution in [0.2, 0.25) is 0 Å². The van der Waals surface area contributed by atoms with Gasteiger partial charge in [0.2, 0.25) is 0 Å². The summed E-state index contributed by atoms with van der Waals surface area (Å²) in [6.45, 7) is 2.05. The van der Waals surface area contributed by atoms with Gasteiger partial charge in [0, 0.05) is 0 Å². The molecular formula is C14H12OS. The molecule has 1 aromatic carbocycles. The van der Waals surface area contributed by atoms with Gasteiger partial charge in [-0.3, -0.25) is 4.79 Å². The number of hydrogen-bond donors (Lipinski definition) is 0. The Morgan fingerprint density at radius 3 is 2.56 bits per heavy atom. The first-order chi connectivity index (χ1) is 7.75. The lowest BCUT2D eigenvalue weighted by molar-refractivity contribution is 0.105. The van der Waals surface area contributed by atoms with Gasteiger partial charge in [-0.15, -0.1) is 11.3 Å². The molecule has 0 N–H and O–H groups in total. The minimum absolute atomic E-state index is 0.0653. The van der Waals surface area contributed by atoms with Crippen LogP contribution in [0.5, 0.6) is 0 Å². The summed E-state index contributed by atoms with van der Waals surface area (Å²) in [5, 5.41) is 1.91. The monoisotopic (exact) mass is 228 g/mol. The van der Waals surface area contributed by atoms with Gasteiger partial charge in [-0.1, -0.05) is 42.0 Å². The zero-order valence-electron chi connectivity index (χ0n) is 9.01. The summed E-state index contributed by atoms with van der Waals surface area (Å²) in [5.41, 5.74) is 2.28. The van der Waals surface area contributed by atoms with E-state index in [1.54, 1.807) is 6.08 Å². The molecule has 16 heavy (non-hydrogen) atoms. The number of allylic oxidation sites excluding steroid dienone is 1. The van der Waals surface area contributed by atoms with E-state index in [1.165, 1.54) is 16.9 Å². The van der Waals surface area contributed by atoms with Crippen molar-refractivity contribution in [2.75, 3.05) is 0 Å². The van der Waals surface area contributed by atoms with Crippen LogP contribution in [0.4, 0.5) is 0 Å². The number of benzene rings is 1. The number of carbonyl (C=O) groups is 1. The fourth-order valence-corrected chi connectivity index (χ4v) is 2.00. The van der Waals surface area contributed by atoms with E-state index < -0.39 is 0 Å². The van der Waals surface area contributed by atoms with Gasteiger partial charge >= 0.3 is 0 Å². The molecule has 1 nitrogen and oxygen atoms in total. The topological polar surface area (TPSA) is 17.1 Å². The Hall–Kier alpha value is -1.67. The second kappa shape index (κ2) is 4.90. The van der Waals surface area contributed by atoms with E-state index in [9.17, 15) is 4.79 Å². The summed E-state index contributed by atoms with van der Waals surface area (Å²) >= 11 is 1.47. The first-order valence-electron chi connectivity index (χ1n) is 5.08. The van der Waals surface area contributed by atoms with Gasteiger partial charge in [0.15, 0.2) is 5.78 Å². The molecule has 80 valence electrons. The average Bonchev–Trinajstić information content (AvgIpc) is 2.81. The Kier molecular flexibility index (Phi) is 3.32. The Balaban J connectivity index is 2.10. The zero-order chi connectivity index (χ0) is 11.4. The Labute approximate surface area is 99.1 Å². The maximum atomic E-state index is 11.7. The number of hydrogen-bond acceptors (Lipinski definition) is 2. The highest BCUT2D eigenvalue weighted by molar-refractivity contribution is 7.12. The number of ketones is 1. The van der Waals surface area contributed by atoms with E-state index in [1.807, 2.05) is 54.8 Å². The predicted molar refractivity (Wildman–Crippen MR) is 68.9 cm³/mol. The number of thiophene rings is 1. The molecule has 0 spiro atoms. The van der Waals surface area contributed by atoms with Crippen LogP contribution in [-0.4, -0.2) is 5.78 Å². The molecule has 2 rings (SSSR count). The van der Waals surface area contributed by atoms with Crippen LogP contribution < -0.4 is 0 Å². The highest BCUT2D eigenvalue weighted by atomic mass is 32.1. The van der Waals surface area contributed by atoms with Crippen LogP contribution >= 0.6 is 11.3 Å². The van der Waals surface area contributed by atoms with E-state index in [4.69, 9.17) is 0 Å². The third-order valence-corrected chi connectivity index (χ3v) is 3.15. The van der Waals surface area contributed by atoms with Crippen molar-refractivity contribution in [2.24, 2.45) is 0 Å². The minimum atomic E-state index is 0.0653. The van der Waals surface area contributed by atoms with Gasteiger partial charge < -0.3 is 0 Å². The van der Waals surface area contributed by atoms with Crippen molar-refractivity contribution in [3.05, 3.63) is 63.9 Å². The maximum absolute atomic E-state index is 11.7. The van der Waals surface area contributed by atoms with Crippen molar-refractivity contribution in [2.45, 2.75) is 6.92 Å². The molecule has 0 saturated heterocycles. The molecule has 0 amide bonds. The lowest BCUT2D eigenvalue weighted by atomic mass is 10.1. The van der Waals surface area contributed by atoms with E-state index in [0.29, 0.717) is 0 Å². The van der Waals surface area contributed by atoms with Gasteiger partial charge in [-0.25, -0.2) is 0 Å². The molecule has 0 aliphatic rings. The second-order valence-corrected chi connectivity index (χ2v) is 4.53. The smallest absolute Gasteiger partial charge is 0.195 e. The standard InChI is InChI=1S/C14H12OS/c1-11-4-6-12(7-5-11)8-9-13(15)14-3-2-10-16-14/h2-10H,1H3/b9-8+. The zero-order valence-corrected chi connectivity index (χ0v) is 9.83. The van der Waals surface area contributed by atoms with Crippen molar-refractivity contribution in [1.29, 1.82) is 0 Å². The van der Waals surface area contributed by atoms with E-state index in [0.717, 1.165) is 10.4 Å². The van der Waals surface area contributed by atoms with Crippen LogP contribution in [0.1, 0.15) is 20.8 Å². The lowest BCUT2D eigenvalue weighted by Crippen LogP contribution is -1.88. The number of carbonyl (C=O) groups excluding carboxylic acids is 1. The lowest BCUT2D eigenvalue weighted by Gasteiger charge is -1.94. The van der Waals surface area contributed by atoms with Crippen LogP contribution in [0.3, 0.4) is 0 Å². The Bertz CT molecular complexity index is 492. The molecule has 2 heteroatoms. The molecule has 1 heterocycles. The molecule has 0 fully saturated rings. The largest absolute Gasteiger partial charge is 0.288 e. The number of rotatable bonds is 3. The normalized spacial score (nSPS) is 10.8. The van der Waals surface area contributed by atoms with E-state index in [-0.39, 0.29) is 5.78 Å². The Morgan fingerprint density at radius 1 is 1.19 bits per heavy atom. The molecule has 0 atom stereocenters. The predicted octanol–water partition coefficient (Wildman–Crippen LogP) is 3.95. The molecule has 0 saturated carbocycles. The van der Waals surface area contributed by atoms with Crippen LogP contribution in [0.15, 0.2) is 47.9 Å². The summed E-state index contributed by atoms with van der Waals surface area (Å²) < 4.78 is 0. The summed E-state index contributed by atoms with van der Waals surface area (Å²) in [4.78, 5) is 12.5. The van der Waals surface area contributed by atoms with Crippen LogP contribution in [0, 0.1) is 6.92 Å². The molecular weight excluding hydrogens is 216 g/mol. The highest BCUT2D eigenvalue weighted by Crippen LogP contribution is 2.11. The van der Waals surface area contributed by atoms with Gasteiger partial charge in [0.05, 0.1) is 4.88 Å². The van der Waals surface area contributed by atoms with Crippen LogP contribution in [0.25, 0.3) is 6.08 Å². The maximum Gasteiger partial charge on any atom is 0.195 e. The molecule has 0 bridgehead atoms. The van der Waals surface area contributed by atoms with Gasteiger partial charge in [0.1, 0.15) is 0 Å². The second-order valence-electron chi connectivity index (χ2n) is 3.59. The van der Waals surface area contributed by atoms with E-state index in [2.05, 4.69) is 0 Å². The molecule has 1 aromatic heterocycles. The van der Waals surface area contributed by atoms with Crippen molar-refractivity contribution in [3.8, 4) is 0 Å². The molecule has 0 unspecified atom stereocenters. The fraction of sp³-hybridized carbons (Fsp3) is 0.0714. The quantitative estimate of drug-likeness (QED) is 0.574. The van der Waals surface area contributed by atoms with Crippen molar-refractivity contribution >= 4 is 23.2 Å². The Morgan fingerprint density at radius 2 is 1.94 bits per heavy atom. The molecule has 0 aliphatic carbocycles. The first kappa shape index (κ1) is 10.8. The summed E-state index contributed by atoms with van der Waals surface area (Å²) in [6.07, 6.45) is 3.47. The summed E-state index contributed by atoms with van der Waals surface area (Å²) in [6, 6.07) is 11.8. The van der Waals surface area contributed by atoms with Gasteiger partial charge in [-0.2, -0.15) is 0 Å². The van der Waals surface area contributed by atoms with Crippen LogP contribution in [-0.2, 0) is 0 Å². The van der Waals surface area contributed by atoms with Crippen molar-refractivity contribution < 1.29 is 4.79 Å². The summed E-state index contributed by atoms with van der Waals surface area (Å²) in [5.74, 6) is 0.0653. The van der Waals surface area contributed by atoms with Crippen molar-refractivity contribution in [3.63, 3.8) is 0 Å². The molecule has 0 radical (unpaired) electrons. The number of aryl methyl sites for hydroxylation is 1. The highest BCUT2D eigenvalue weighted by Gasteiger charge is 2.00. The fourth-order valence-electron chi connectivity index (χ4n) is 1.35. The minimum Gasteiger partial charge on any atom is -0.288 e. The molecule has 0 aliphatic heterocycles. The molecule has 2 aromatic rings. The first-order valence-corrected chi connectivity index (χ1v) is 5.96. The average molecular weight is 228 g/mol. The summed E-state index contributed by atoms with van der Waals surface area (Å²) in [7, 11) is 0. The van der Waals surface area contributed by atoms with Crippen molar-refractivity contribution in [1.82, 2.24) is 0 Å². The SMILES string of the molecule is Cc1ccc(/C=C/C(=O)c2cccs2)cc1. The third kappa shape index (κ3) is 2.67. The van der Waals surface area contributed by atoms with E-state index >= 15 is 0 Å². The van der Waals surface area contributed by atoms with Gasteiger partial charge in [0.25, 0.3) is 0 Å².